The molecule has 0 rings (SSSR count). The molecule has 33 valence electrons. The van der Waals surface area contributed by atoms with Crippen molar-refractivity contribution < 1.29 is 8.42 Å². The number of hydrogen-bond acceptors (Lipinski definition) is 2. The maximum Gasteiger partial charge on any atom is 0.317 e. The summed E-state index contributed by atoms with van der Waals surface area (Å²) in [4.78, 5) is 0. The zero-order chi connectivity index (χ0) is 4.50. The molecule has 0 fully saturated rings. The molecule has 0 spiro atoms. The molecular weight excluding hydrogens is 142 g/mol. The van der Waals surface area contributed by atoms with Crippen molar-refractivity contribution in [2.75, 3.05) is 0 Å². The van der Waals surface area contributed by atoms with Gasteiger partial charge in [0.25, 0.3) is 0 Å². The maximum absolute atomic E-state index is 9.16. The average molecular weight is 142 g/mol. The summed E-state index contributed by atoms with van der Waals surface area (Å²) in [5, 5.41) is 0. The van der Waals surface area contributed by atoms with Crippen LogP contribution in [0.4, 0.5) is 0 Å². The zero-order valence-corrected chi connectivity index (χ0v) is 5.31. The van der Waals surface area contributed by atoms with Crippen molar-refractivity contribution in [1.82, 2.24) is 0 Å². The number of rotatable bonds is 0. The van der Waals surface area contributed by atoms with Crippen molar-refractivity contribution in [1.29, 1.82) is 0 Å². The molecule has 1 radical (unpaired) electrons. The van der Waals surface area contributed by atoms with E-state index in [0.717, 1.165) is 0 Å². The maximum atomic E-state index is 9.16. The predicted octanol–water partition coefficient (Wildman–Crippen LogP) is 0.328. The van der Waals surface area contributed by atoms with Crippen molar-refractivity contribution in [2.45, 2.75) is 0 Å². The third-order valence-corrected chi connectivity index (χ3v) is 0. The molecule has 6 heavy (non-hydrogen) atoms. The minimum atomic E-state index is -3.72. The van der Waals surface area contributed by atoms with Gasteiger partial charge in [-0.05, 0) is 0 Å². The molecular formula is Cl2LiO2S. The molecule has 0 saturated heterocycles. The summed E-state index contributed by atoms with van der Waals surface area (Å²) < 4.78 is 18.3. The summed E-state index contributed by atoms with van der Waals surface area (Å²) in [5.41, 5.74) is 0. The van der Waals surface area contributed by atoms with E-state index in [0.29, 0.717) is 0 Å². The molecule has 6 heteroatoms. The second-order valence-corrected chi connectivity index (χ2v) is 4.05. The van der Waals surface area contributed by atoms with Crippen LogP contribution >= 0.6 is 21.4 Å². The first kappa shape index (κ1) is 10.2. The van der Waals surface area contributed by atoms with Gasteiger partial charge >= 0.3 is 8.26 Å². The largest absolute Gasteiger partial charge is 0.317 e. The molecule has 0 aliphatic heterocycles. The van der Waals surface area contributed by atoms with Gasteiger partial charge in [-0.1, -0.05) is 0 Å². The first-order valence-corrected chi connectivity index (χ1v) is 3.78. The Labute approximate surface area is 56.9 Å². The van der Waals surface area contributed by atoms with Crippen molar-refractivity contribution >= 4 is 48.5 Å². The van der Waals surface area contributed by atoms with Gasteiger partial charge in [0.15, 0.2) is 0 Å². The molecule has 0 atom stereocenters. The topological polar surface area (TPSA) is 34.1 Å². The fraction of sp³-hybridized carbons (Fsp3) is 0. The van der Waals surface area contributed by atoms with E-state index in [4.69, 9.17) is 8.42 Å². The molecule has 2 nitrogen and oxygen atoms in total. The fourth-order valence-electron chi connectivity index (χ4n) is 0. The number of halogens is 2. The Hall–Kier alpha value is 1.13. The summed E-state index contributed by atoms with van der Waals surface area (Å²) in [6.45, 7) is 0. The third-order valence-electron chi connectivity index (χ3n) is 0. The summed E-state index contributed by atoms with van der Waals surface area (Å²) in [7, 11) is 4.81. The van der Waals surface area contributed by atoms with Crippen LogP contribution in [-0.4, -0.2) is 27.3 Å². The van der Waals surface area contributed by atoms with Crippen molar-refractivity contribution in [2.24, 2.45) is 0 Å². The van der Waals surface area contributed by atoms with E-state index in [-0.39, 0.29) is 18.9 Å². The minimum absolute atomic E-state index is 0. The Kier molecular flexibility index (Phi) is 5.38. The van der Waals surface area contributed by atoms with E-state index >= 15 is 0 Å². The molecule has 0 aromatic carbocycles. The monoisotopic (exact) mass is 141 g/mol. The van der Waals surface area contributed by atoms with Crippen molar-refractivity contribution in [3.05, 3.63) is 0 Å². The average Bonchev–Trinajstić information content (AvgIpc) is 0.722. The van der Waals surface area contributed by atoms with E-state index in [1.54, 1.807) is 0 Å². The second kappa shape index (κ2) is 3.17. The van der Waals surface area contributed by atoms with Gasteiger partial charge in [-0.3, -0.25) is 0 Å². The van der Waals surface area contributed by atoms with Gasteiger partial charge < -0.3 is 0 Å². The Bertz CT molecular complexity index is 94.7. The molecule has 0 aromatic heterocycles. The van der Waals surface area contributed by atoms with Crippen LogP contribution in [0.1, 0.15) is 0 Å². The molecule has 0 amide bonds. The van der Waals surface area contributed by atoms with Crippen LogP contribution in [0, 0.1) is 0 Å². The molecule has 0 N–H and O–H groups in total. The summed E-state index contributed by atoms with van der Waals surface area (Å²) in [6.07, 6.45) is 0. The Morgan fingerprint density at radius 2 is 1.17 bits per heavy atom. The van der Waals surface area contributed by atoms with Gasteiger partial charge in [0.2, 0.25) is 0 Å². The van der Waals surface area contributed by atoms with Gasteiger partial charge in [0.1, 0.15) is 0 Å². The quantitative estimate of drug-likeness (QED) is 0.360. The second-order valence-electron chi connectivity index (χ2n) is 0.378. The SMILES string of the molecule is O=S(=O)(Cl)Cl.[Li]. The van der Waals surface area contributed by atoms with E-state index in [2.05, 4.69) is 21.4 Å². The van der Waals surface area contributed by atoms with E-state index < -0.39 is 8.26 Å². The minimum Gasteiger partial charge on any atom is -0.195 e. The molecule has 0 aliphatic rings. The molecule has 0 heterocycles. The van der Waals surface area contributed by atoms with Crippen LogP contribution in [0.5, 0.6) is 0 Å². The van der Waals surface area contributed by atoms with Crippen LogP contribution < -0.4 is 0 Å². The van der Waals surface area contributed by atoms with Gasteiger partial charge in [0, 0.05) is 40.2 Å². The van der Waals surface area contributed by atoms with Gasteiger partial charge in [-0.25, -0.2) is 0 Å². The van der Waals surface area contributed by atoms with Gasteiger partial charge in [-0.15, -0.1) is 0 Å². The third kappa shape index (κ3) is 68.7. The molecule has 0 aromatic rings. The smallest absolute Gasteiger partial charge is 0.195 e. The summed E-state index contributed by atoms with van der Waals surface area (Å²) in [6, 6.07) is 0. The Morgan fingerprint density at radius 3 is 1.17 bits per heavy atom. The summed E-state index contributed by atoms with van der Waals surface area (Å²) in [5.74, 6) is 0. The first-order valence-electron chi connectivity index (χ1n) is 0.642. The summed E-state index contributed by atoms with van der Waals surface area (Å²) >= 11 is 0. The van der Waals surface area contributed by atoms with Crippen LogP contribution in [0.25, 0.3) is 0 Å². The van der Waals surface area contributed by atoms with Crippen LogP contribution in [-0.2, 0) is 8.26 Å². The van der Waals surface area contributed by atoms with Crippen LogP contribution in [0.3, 0.4) is 0 Å². The molecule has 0 bridgehead atoms. The van der Waals surface area contributed by atoms with Crippen LogP contribution in [0.2, 0.25) is 0 Å². The van der Waals surface area contributed by atoms with Crippen molar-refractivity contribution in [3.8, 4) is 0 Å². The standard InChI is InChI=1S/Cl2O2S.Li/c1-5(2,3)4;. The van der Waals surface area contributed by atoms with Crippen molar-refractivity contribution in [3.63, 3.8) is 0 Å². The Morgan fingerprint density at radius 1 is 1.17 bits per heavy atom. The van der Waals surface area contributed by atoms with Crippen LogP contribution in [0.15, 0.2) is 0 Å². The molecule has 0 unspecified atom stereocenters. The van der Waals surface area contributed by atoms with E-state index in [1.807, 2.05) is 0 Å². The molecule has 0 aliphatic carbocycles. The number of hydrogen-bond donors (Lipinski definition) is 0. The normalized spacial score (nSPS) is 9.67. The Balaban J connectivity index is 0. The first-order chi connectivity index (χ1) is 2.00. The van der Waals surface area contributed by atoms with Gasteiger partial charge in [-0.2, -0.15) is 8.42 Å². The predicted molar refractivity (Wildman–Crippen MR) is 26.4 cm³/mol. The molecule has 0 saturated carbocycles. The van der Waals surface area contributed by atoms with E-state index in [9.17, 15) is 0 Å². The fourth-order valence-corrected chi connectivity index (χ4v) is 0. The zero-order valence-electron chi connectivity index (χ0n) is 2.98. The van der Waals surface area contributed by atoms with E-state index in [1.165, 1.54) is 0 Å². The van der Waals surface area contributed by atoms with Gasteiger partial charge in [0.05, 0.1) is 0 Å².